The molecule has 0 bridgehead atoms. The zero-order valence-electron chi connectivity index (χ0n) is 18.1. The van der Waals surface area contributed by atoms with E-state index < -0.39 is 34.2 Å². The predicted molar refractivity (Wildman–Crippen MR) is 112 cm³/mol. The number of phenolic OH excluding ortho intramolecular Hbond substituents is 1. The van der Waals surface area contributed by atoms with E-state index in [1.54, 1.807) is 19.9 Å². The van der Waals surface area contributed by atoms with Crippen molar-refractivity contribution >= 4 is 23.8 Å². The number of phenols is 1. The minimum absolute atomic E-state index is 0.0314. The van der Waals surface area contributed by atoms with Crippen molar-refractivity contribution in [2.45, 2.75) is 40.5 Å². The Labute approximate surface area is 180 Å². The van der Waals surface area contributed by atoms with Gasteiger partial charge in [-0.3, -0.25) is 14.9 Å². The van der Waals surface area contributed by atoms with Crippen molar-refractivity contribution < 1.29 is 29.1 Å². The first kappa shape index (κ1) is 25.4. The Morgan fingerprint density at radius 2 is 1.97 bits per heavy atom. The highest BCUT2D eigenvalue weighted by molar-refractivity contribution is 6.01. The molecule has 1 rings (SSSR count). The molecule has 0 aromatic heterocycles. The average Bonchev–Trinajstić information content (AvgIpc) is 2.74. The Hall–Kier alpha value is -3.61. The summed E-state index contributed by atoms with van der Waals surface area (Å²) in [5.41, 5.74) is -0.974. The van der Waals surface area contributed by atoms with Gasteiger partial charge in [0.2, 0.25) is 5.75 Å². The van der Waals surface area contributed by atoms with Gasteiger partial charge in [-0.2, -0.15) is 5.26 Å². The number of nitro benzene ring substituents is 1. The summed E-state index contributed by atoms with van der Waals surface area (Å²) < 4.78 is 9.88. The summed E-state index contributed by atoms with van der Waals surface area (Å²) in [5, 5.41) is 30.8. The van der Waals surface area contributed by atoms with Crippen LogP contribution in [0.1, 0.15) is 46.1 Å². The van der Waals surface area contributed by atoms with Gasteiger partial charge in [-0.05, 0) is 43.9 Å². The Morgan fingerprint density at radius 1 is 1.32 bits per heavy atom. The van der Waals surface area contributed by atoms with Gasteiger partial charge in [0.05, 0.1) is 11.5 Å². The monoisotopic (exact) mass is 433 g/mol. The van der Waals surface area contributed by atoms with Crippen LogP contribution in [0.2, 0.25) is 0 Å². The quantitative estimate of drug-likeness (QED) is 0.145. The molecule has 1 unspecified atom stereocenters. The normalized spacial score (nSPS) is 11.9. The standard InChI is InChI=1S/C21H27N3O7/c1-5-14(4)8-9-30-21(27)31-18-12-15(11-17(19(18)25)24(28)29)10-16(13-22)20(26)23(6-2)7-3/h10-12,14,25H,5-9H2,1-4H3. The van der Waals surface area contributed by atoms with Gasteiger partial charge in [0.25, 0.3) is 5.91 Å². The van der Waals surface area contributed by atoms with Gasteiger partial charge in [-0.25, -0.2) is 4.79 Å². The third-order valence-electron chi connectivity index (χ3n) is 4.71. The number of aromatic hydroxyl groups is 1. The lowest BCUT2D eigenvalue weighted by molar-refractivity contribution is -0.385. The summed E-state index contributed by atoms with van der Waals surface area (Å²) >= 11 is 0. The van der Waals surface area contributed by atoms with Crippen molar-refractivity contribution in [3.05, 3.63) is 33.4 Å². The molecule has 0 spiro atoms. The molecule has 0 saturated carbocycles. The molecule has 10 nitrogen and oxygen atoms in total. The van der Waals surface area contributed by atoms with Crippen LogP contribution >= 0.6 is 0 Å². The Bertz CT molecular complexity index is 886. The molecule has 168 valence electrons. The summed E-state index contributed by atoms with van der Waals surface area (Å²) in [7, 11) is 0. The van der Waals surface area contributed by atoms with E-state index in [-0.39, 0.29) is 17.7 Å². The largest absolute Gasteiger partial charge is 0.513 e. The Kier molecular flexibility index (Phi) is 9.98. The first-order valence-electron chi connectivity index (χ1n) is 9.95. The fourth-order valence-corrected chi connectivity index (χ4v) is 2.57. The van der Waals surface area contributed by atoms with Crippen LogP contribution in [0.25, 0.3) is 6.08 Å². The van der Waals surface area contributed by atoms with Crippen LogP contribution in [0.5, 0.6) is 11.5 Å². The summed E-state index contributed by atoms with van der Waals surface area (Å²) in [6.07, 6.45) is 1.52. The van der Waals surface area contributed by atoms with Crippen molar-refractivity contribution in [3.8, 4) is 17.6 Å². The zero-order chi connectivity index (χ0) is 23.6. The van der Waals surface area contributed by atoms with E-state index in [0.29, 0.717) is 25.4 Å². The molecule has 1 amide bonds. The van der Waals surface area contributed by atoms with Gasteiger partial charge < -0.3 is 19.5 Å². The topological polar surface area (TPSA) is 143 Å². The van der Waals surface area contributed by atoms with Crippen LogP contribution in [0.4, 0.5) is 10.5 Å². The third kappa shape index (κ3) is 7.29. The van der Waals surface area contributed by atoms with E-state index in [9.17, 15) is 30.1 Å². The van der Waals surface area contributed by atoms with Gasteiger partial charge in [-0.15, -0.1) is 0 Å². The predicted octanol–water partition coefficient (Wildman–Crippen LogP) is 4.03. The fourth-order valence-electron chi connectivity index (χ4n) is 2.57. The van der Waals surface area contributed by atoms with E-state index in [2.05, 4.69) is 0 Å². The molecule has 0 saturated heterocycles. The number of nitriles is 1. The second kappa shape index (κ2) is 12.2. The van der Waals surface area contributed by atoms with E-state index in [1.165, 1.54) is 4.90 Å². The maximum Gasteiger partial charge on any atom is 0.513 e. The minimum Gasteiger partial charge on any atom is -0.499 e. The molecule has 0 aliphatic heterocycles. The molecule has 0 aliphatic carbocycles. The van der Waals surface area contributed by atoms with Crippen molar-refractivity contribution in [2.75, 3.05) is 19.7 Å². The lowest BCUT2D eigenvalue weighted by atomic mass is 10.1. The van der Waals surface area contributed by atoms with E-state index in [4.69, 9.17) is 9.47 Å². The van der Waals surface area contributed by atoms with Crippen LogP contribution in [0, 0.1) is 27.4 Å². The molecule has 0 aliphatic rings. The Balaban J connectivity index is 3.22. The number of amides is 1. The van der Waals surface area contributed by atoms with Gasteiger partial charge in [0.15, 0.2) is 5.75 Å². The molecule has 0 heterocycles. The first-order chi connectivity index (χ1) is 14.7. The second-order valence-electron chi connectivity index (χ2n) is 6.79. The number of hydrogen-bond donors (Lipinski definition) is 1. The molecule has 1 atom stereocenters. The summed E-state index contributed by atoms with van der Waals surface area (Å²) in [6.45, 7) is 8.34. The highest BCUT2D eigenvalue weighted by Gasteiger charge is 2.23. The number of carbonyl (C=O) groups is 2. The van der Waals surface area contributed by atoms with E-state index in [0.717, 1.165) is 24.6 Å². The van der Waals surface area contributed by atoms with E-state index in [1.807, 2.05) is 13.8 Å². The number of hydrogen-bond acceptors (Lipinski definition) is 8. The lowest BCUT2D eigenvalue weighted by Gasteiger charge is -2.17. The molecule has 31 heavy (non-hydrogen) atoms. The maximum atomic E-state index is 12.4. The van der Waals surface area contributed by atoms with Crippen molar-refractivity contribution in [3.63, 3.8) is 0 Å². The van der Waals surface area contributed by atoms with E-state index >= 15 is 0 Å². The van der Waals surface area contributed by atoms with Crippen molar-refractivity contribution in [2.24, 2.45) is 5.92 Å². The van der Waals surface area contributed by atoms with Gasteiger partial charge in [0, 0.05) is 19.2 Å². The Morgan fingerprint density at radius 3 is 2.48 bits per heavy atom. The average molecular weight is 433 g/mol. The fraction of sp³-hybridized carbons (Fsp3) is 0.476. The van der Waals surface area contributed by atoms with Crippen molar-refractivity contribution in [1.82, 2.24) is 4.90 Å². The third-order valence-corrected chi connectivity index (χ3v) is 4.71. The van der Waals surface area contributed by atoms with Gasteiger partial charge in [0.1, 0.15) is 11.6 Å². The number of nitro groups is 1. The van der Waals surface area contributed by atoms with Crippen LogP contribution in [0.3, 0.4) is 0 Å². The number of likely N-dealkylation sites (N-methyl/N-ethyl adjacent to an activating group) is 1. The van der Waals surface area contributed by atoms with Crippen LogP contribution in [0.15, 0.2) is 17.7 Å². The summed E-state index contributed by atoms with van der Waals surface area (Å²) in [4.78, 5) is 36.2. The molecular weight excluding hydrogens is 406 g/mol. The van der Waals surface area contributed by atoms with Crippen LogP contribution in [-0.2, 0) is 9.53 Å². The maximum absolute atomic E-state index is 12.4. The smallest absolute Gasteiger partial charge is 0.499 e. The second-order valence-corrected chi connectivity index (χ2v) is 6.79. The molecular formula is C21H27N3O7. The number of carbonyl (C=O) groups excluding carboxylic acids is 2. The highest BCUT2D eigenvalue weighted by Crippen LogP contribution is 2.38. The number of nitrogens with zero attached hydrogens (tertiary/aromatic N) is 3. The molecule has 0 fully saturated rings. The highest BCUT2D eigenvalue weighted by atomic mass is 16.7. The minimum atomic E-state index is -1.13. The zero-order valence-corrected chi connectivity index (χ0v) is 18.1. The summed E-state index contributed by atoms with van der Waals surface area (Å²) in [5.74, 6) is -1.59. The van der Waals surface area contributed by atoms with Gasteiger partial charge >= 0.3 is 11.8 Å². The molecule has 1 aromatic rings. The molecule has 10 heteroatoms. The molecule has 0 radical (unpaired) electrons. The number of ether oxygens (including phenoxy) is 2. The first-order valence-corrected chi connectivity index (χ1v) is 9.95. The van der Waals surface area contributed by atoms with Crippen LogP contribution < -0.4 is 4.74 Å². The summed E-state index contributed by atoms with van der Waals surface area (Å²) in [6, 6.07) is 3.86. The van der Waals surface area contributed by atoms with Crippen LogP contribution in [-0.4, -0.2) is 46.7 Å². The molecule has 1 aromatic carbocycles. The SMILES string of the molecule is CCC(C)CCOC(=O)Oc1cc(C=C(C#N)C(=O)N(CC)CC)cc([N+](=O)[O-])c1O. The van der Waals surface area contributed by atoms with Crippen molar-refractivity contribution in [1.29, 1.82) is 5.26 Å². The lowest BCUT2D eigenvalue weighted by Crippen LogP contribution is -2.31. The van der Waals surface area contributed by atoms with Gasteiger partial charge in [-0.1, -0.05) is 20.3 Å². The number of rotatable bonds is 10. The molecule has 1 N–H and O–H groups in total. The number of benzene rings is 1.